The number of rotatable bonds is 3. The minimum Gasteiger partial charge on any atom is -0.507 e. The fourth-order valence-electron chi connectivity index (χ4n) is 2.50. The van der Waals surface area contributed by atoms with Crippen molar-refractivity contribution in [1.29, 1.82) is 0 Å². The van der Waals surface area contributed by atoms with E-state index in [2.05, 4.69) is 15.6 Å². The predicted octanol–water partition coefficient (Wildman–Crippen LogP) is 2.10. The normalized spacial score (nSPS) is 19.2. The van der Waals surface area contributed by atoms with Gasteiger partial charge in [0.15, 0.2) is 0 Å². The standard InChI is InChI=1S/C14H17N3O/c18-12-5-1-3-10-6-8-16-14(13(10)12)17-9-11-4-2-7-15-11/h1,3,5-6,8,11,15,18H,2,4,7,9H2,(H,16,17). The van der Waals surface area contributed by atoms with Gasteiger partial charge < -0.3 is 15.7 Å². The molecule has 0 aliphatic carbocycles. The van der Waals surface area contributed by atoms with E-state index in [-0.39, 0.29) is 5.75 Å². The van der Waals surface area contributed by atoms with Crippen molar-refractivity contribution in [3.63, 3.8) is 0 Å². The summed E-state index contributed by atoms with van der Waals surface area (Å²) in [4.78, 5) is 4.33. The summed E-state index contributed by atoms with van der Waals surface area (Å²) in [6.07, 6.45) is 4.20. The van der Waals surface area contributed by atoms with E-state index in [0.29, 0.717) is 6.04 Å². The van der Waals surface area contributed by atoms with Crippen LogP contribution in [0.1, 0.15) is 12.8 Å². The second-order valence-corrected chi connectivity index (χ2v) is 4.71. The lowest BCUT2D eigenvalue weighted by Gasteiger charge is -2.14. The molecular formula is C14H17N3O. The highest BCUT2D eigenvalue weighted by Gasteiger charge is 2.14. The van der Waals surface area contributed by atoms with Crippen LogP contribution in [0.4, 0.5) is 5.82 Å². The Labute approximate surface area is 106 Å². The molecule has 2 heterocycles. The largest absolute Gasteiger partial charge is 0.507 e. The fourth-order valence-corrected chi connectivity index (χ4v) is 2.50. The van der Waals surface area contributed by atoms with Gasteiger partial charge in [0.2, 0.25) is 0 Å². The SMILES string of the molecule is Oc1cccc2ccnc(NCC3CCCN3)c12. The van der Waals surface area contributed by atoms with E-state index < -0.39 is 0 Å². The number of hydrogen-bond acceptors (Lipinski definition) is 4. The molecule has 1 aliphatic rings. The van der Waals surface area contributed by atoms with Crippen LogP contribution in [0.5, 0.6) is 5.75 Å². The third-order valence-electron chi connectivity index (χ3n) is 3.45. The van der Waals surface area contributed by atoms with Crippen LogP contribution in [0.25, 0.3) is 10.8 Å². The maximum Gasteiger partial charge on any atom is 0.137 e. The summed E-state index contributed by atoms with van der Waals surface area (Å²) in [7, 11) is 0. The Morgan fingerprint density at radius 3 is 3.17 bits per heavy atom. The molecule has 3 rings (SSSR count). The molecule has 1 atom stereocenters. The number of phenols is 1. The number of nitrogens with zero attached hydrogens (tertiary/aromatic N) is 1. The summed E-state index contributed by atoms with van der Waals surface area (Å²) in [5.41, 5.74) is 0. The van der Waals surface area contributed by atoms with Gasteiger partial charge in [0.25, 0.3) is 0 Å². The molecule has 94 valence electrons. The van der Waals surface area contributed by atoms with Gasteiger partial charge in [-0.25, -0.2) is 4.98 Å². The zero-order chi connectivity index (χ0) is 12.4. The zero-order valence-corrected chi connectivity index (χ0v) is 10.2. The number of hydrogen-bond donors (Lipinski definition) is 3. The molecule has 0 spiro atoms. The first-order chi connectivity index (χ1) is 8.84. The van der Waals surface area contributed by atoms with Gasteiger partial charge in [0, 0.05) is 18.8 Å². The van der Waals surface area contributed by atoms with Crippen LogP contribution in [-0.4, -0.2) is 29.2 Å². The lowest BCUT2D eigenvalue weighted by Crippen LogP contribution is -2.29. The molecule has 3 N–H and O–H groups in total. The smallest absolute Gasteiger partial charge is 0.137 e. The highest BCUT2D eigenvalue weighted by molar-refractivity contribution is 5.96. The molecular weight excluding hydrogens is 226 g/mol. The van der Waals surface area contributed by atoms with Crippen molar-refractivity contribution in [3.8, 4) is 5.75 Å². The molecule has 1 aliphatic heterocycles. The number of aromatic nitrogens is 1. The Morgan fingerprint density at radius 1 is 1.39 bits per heavy atom. The summed E-state index contributed by atoms with van der Waals surface area (Å²) in [6, 6.07) is 7.94. The average Bonchev–Trinajstić information content (AvgIpc) is 2.89. The monoisotopic (exact) mass is 243 g/mol. The number of pyridine rings is 1. The van der Waals surface area contributed by atoms with Gasteiger partial charge >= 0.3 is 0 Å². The van der Waals surface area contributed by atoms with Crippen molar-refractivity contribution in [2.45, 2.75) is 18.9 Å². The number of aromatic hydroxyl groups is 1. The van der Waals surface area contributed by atoms with Crippen LogP contribution >= 0.6 is 0 Å². The second-order valence-electron chi connectivity index (χ2n) is 4.71. The quantitative estimate of drug-likeness (QED) is 0.772. The number of benzene rings is 1. The van der Waals surface area contributed by atoms with E-state index >= 15 is 0 Å². The van der Waals surface area contributed by atoms with Crippen molar-refractivity contribution >= 4 is 16.6 Å². The molecule has 2 aromatic rings. The van der Waals surface area contributed by atoms with Crippen LogP contribution in [0, 0.1) is 0 Å². The number of anilines is 1. The van der Waals surface area contributed by atoms with Crippen molar-refractivity contribution in [2.75, 3.05) is 18.4 Å². The second kappa shape index (κ2) is 4.82. The summed E-state index contributed by atoms with van der Waals surface area (Å²) < 4.78 is 0. The maximum atomic E-state index is 9.95. The third kappa shape index (κ3) is 2.11. The Bertz CT molecular complexity index is 544. The number of nitrogens with one attached hydrogen (secondary N) is 2. The minimum absolute atomic E-state index is 0.280. The molecule has 1 aromatic carbocycles. The van der Waals surface area contributed by atoms with E-state index in [1.165, 1.54) is 12.8 Å². The van der Waals surface area contributed by atoms with Crippen LogP contribution in [0.3, 0.4) is 0 Å². The molecule has 0 amide bonds. The van der Waals surface area contributed by atoms with Gasteiger partial charge in [-0.05, 0) is 36.9 Å². The maximum absolute atomic E-state index is 9.95. The molecule has 1 aromatic heterocycles. The predicted molar refractivity (Wildman–Crippen MR) is 72.9 cm³/mol. The van der Waals surface area contributed by atoms with Gasteiger partial charge in [-0.15, -0.1) is 0 Å². The molecule has 4 nitrogen and oxygen atoms in total. The number of phenolic OH excluding ortho intramolecular Hbond substituents is 1. The Morgan fingerprint density at radius 2 is 2.33 bits per heavy atom. The molecule has 1 fully saturated rings. The summed E-state index contributed by atoms with van der Waals surface area (Å²) in [6.45, 7) is 1.95. The molecule has 4 heteroatoms. The minimum atomic E-state index is 0.280. The molecule has 0 saturated carbocycles. The van der Waals surface area contributed by atoms with Crippen LogP contribution < -0.4 is 10.6 Å². The van der Waals surface area contributed by atoms with Gasteiger partial charge in [-0.1, -0.05) is 12.1 Å². The van der Waals surface area contributed by atoms with Crippen molar-refractivity contribution in [3.05, 3.63) is 30.5 Å². The summed E-state index contributed by atoms with van der Waals surface area (Å²) >= 11 is 0. The first-order valence-electron chi connectivity index (χ1n) is 6.38. The Kier molecular flexibility index (Phi) is 3.02. The molecule has 1 saturated heterocycles. The lowest BCUT2D eigenvalue weighted by molar-refractivity contribution is 0.481. The first kappa shape index (κ1) is 11.3. The molecule has 1 unspecified atom stereocenters. The topological polar surface area (TPSA) is 57.2 Å². The van der Waals surface area contributed by atoms with E-state index in [1.54, 1.807) is 12.3 Å². The zero-order valence-electron chi connectivity index (χ0n) is 10.2. The van der Waals surface area contributed by atoms with Gasteiger partial charge in [0.05, 0.1) is 5.39 Å². The lowest BCUT2D eigenvalue weighted by atomic mass is 10.1. The summed E-state index contributed by atoms with van der Waals surface area (Å²) in [5, 5.41) is 18.5. The Balaban J connectivity index is 1.86. The van der Waals surface area contributed by atoms with Crippen LogP contribution in [0.15, 0.2) is 30.5 Å². The third-order valence-corrected chi connectivity index (χ3v) is 3.45. The molecule has 0 radical (unpaired) electrons. The van der Waals surface area contributed by atoms with Crippen molar-refractivity contribution in [2.24, 2.45) is 0 Å². The van der Waals surface area contributed by atoms with Crippen LogP contribution in [0.2, 0.25) is 0 Å². The van der Waals surface area contributed by atoms with Gasteiger partial charge in [-0.2, -0.15) is 0 Å². The van der Waals surface area contributed by atoms with E-state index in [9.17, 15) is 5.11 Å². The number of fused-ring (bicyclic) bond motifs is 1. The van der Waals surface area contributed by atoms with Gasteiger partial charge in [0.1, 0.15) is 11.6 Å². The van der Waals surface area contributed by atoms with E-state index in [1.807, 2.05) is 18.2 Å². The first-order valence-corrected chi connectivity index (χ1v) is 6.38. The summed E-state index contributed by atoms with van der Waals surface area (Å²) in [5.74, 6) is 1.04. The van der Waals surface area contributed by atoms with Crippen molar-refractivity contribution in [1.82, 2.24) is 10.3 Å². The molecule has 18 heavy (non-hydrogen) atoms. The van der Waals surface area contributed by atoms with Crippen molar-refractivity contribution < 1.29 is 5.11 Å². The van der Waals surface area contributed by atoms with Crippen LogP contribution in [-0.2, 0) is 0 Å². The fraction of sp³-hybridized carbons (Fsp3) is 0.357. The van der Waals surface area contributed by atoms with E-state index in [4.69, 9.17) is 0 Å². The van der Waals surface area contributed by atoms with Gasteiger partial charge in [-0.3, -0.25) is 0 Å². The highest BCUT2D eigenvalue weighted by Crippen LogP contribution is 2.29. The molecule has 0 bridgehead atoms. The Hall–Kier alpha value is -1.81. The van der Waals surface area contributed by atoms with E-state index in [0.717, 1.165) is 29.7 Å². The highest BCUT2D eigenvalue weighted by atomic mass is 16.3. The average molecular weight is 243 g/mol.